The summed E-state index contributed by atoms with van der Waals surface area (Å²) in [6.45, 7) is 2.26. The number of fused-ring (bicyclic) bond motifs is 1. The van der Waals surface area contributed by atoms with Gasteiger partial charge in [0.25, 0.3) is 0 Å². The van der Waals surface area contributed by atoms with Crippen molar-refractivity contribution in [1.82, 2.24) is 0 Å². The lowest BCUT2D eigenvalue weighted by molar-refractivity contribution is 0.174. The van der Waals surface area contributed by atoms with Crippen LogP contribution < -0.4 is 9.47 Å². The van der Waals surface area contributed by atoms with Crippen LogP contribution in [0.5, 0.6) is 11.5 Å². The van der Waals surface area contributed by atoms with Gasteiger partial charge in [-0.1, -0.05) is 42.0 Å². The lowest BCUT2D eigenvalue weighted by Gasteiger charge is -2.13. The summed E-state index contributed by atoms with van der Waals surface area (Å²) in [7, 11) is -3.22. The van der Waals surface area contributed by atoms with Crippen molar-refractivity contribution in [3.8, 4) is 33.8 Å². The van der Waals surface area contributed by atoms with Crippen LogP contribution in [-0.4, -0.2) is 21.5 Å². The molecule has 3 aromatic rings. The fraction of sp³-hybridized carbons (Fsp3) is 0.143. The van der Waals surface area contributed by atoms with E-state index < -0.39 is 9.84 Å². The second kappa shape index (κ2) is 6.18. The fourth-order valence-electron chi connectivity index (χ4n) is 3.03. The molecule has 0 saturated carbocycles. The molecule has 132 valence electrons. The van der Waals surface area contributed by atoms with Crippen LogP contribution in [0.1, 0.15) is 5.56 Å². The predicted molar refractivity (Wildman–Crippen MR) is 101 cm³/mol. The van der Waals surface area contributed by atoms with Gasteiger partial charge in [0.1, 0.15) is 0 Å². The molecule has 0 fully saturated rings. The summed E-state index contributed by atoms with van der Waals surface area (Å²) in [6, 6.07) is 19.1. The molecule has 4 rings (SSSR count). The van der Waals surface area contributed by atoms with Crippen LogP contribution >= 0.6 is 0 Å². The van der Waals surface area contributed by atoms with Crippen molar-refractivity contribution in [3.05, 3.63) is 66.2 Å². The van der Waals surface area contributed by atoms with E-state index in [9.17, 15) is 8.42 Å². The van der Waals surface area contributed by atoms with Crippen molar-refractivity contribution >= 4 is 9.84 Å². The van der Waals surface area contributed by atoms with Gasteiger partial charge in [-0.2, -0.15) is 0 Å². The minimum atomic E-state index is -3.22. The van der Waals surface area contributed by atoms with Gasteiger partial charge in [0.15, 0.2) is 21.3 Å². The van der Waals surface area contributed by atoms with Gasteiger partial charge in [-0.05, 0) is 53.4 Å². The van der Waals surface area contributed by atoms with Crippen LogP contribution in [0.3, 0.4) is 0 Å². The first-order chi connectivity index (χ1) is 12.4. The topological polar surface area (TPSA) is 52.6 Å². The molecule has 0 amide bonds. The van der Waals surface area contributed by atoms with E-state index in [1.165, 1.54) is 11.8 Å². The molecule has 0 atom stereocenters. The minimum Gasteiger partial charge on any atom is -0.454 e. The third kappa shape index (κ3) is 3.06. The molecule has 3 aromatic carbocycles. The number of hydrogen-bond donors (Lipinski definition) is 0. The van der Waals surface area contributed by atoms with Gasteiger partial charge in [-0.3, -0.25) is 0 Å². The van der Waals surface area contributed by atoms with Crippen LogP contribution in [-0.2, 0) is 9.84 Å². The summed E-state index contributed by atoms with van der Waals surface area (Å²) in [4.78, 5) is 0.305. The van der Waals surface area contributed by atoms with Crippen LogP contribution in [0, 0.1) is 6.92 Å². The first-order valence-electron chi connectivity index (χ1n) is 8.23. The summed E-state index contributed by atoms with van der Waals surface area (Å²) in [6.07, 6.45) is 1.21. The molecule has 4 nitrogen and oxygen atoms in total. The maximum Gasteiger partial charge on any atom is 0.231 e. The molecule has 5 heteroatoms. The Bertz CT molecular complexity index is 1070. The molecule has 0 radical (unpaired) electrons. The minimum absolute atomic E-state index is 0.207. The van der Waals surface area contributed by atoms with Crippen LogP contribution in [0.25, 0.3) is 22.3 Å². The highest BCUT2D eigenvalue weighted by atomic mass is 32.2. The van der Waals surface area contributed by atoms with Crippen LogP contribution in [0.2, 0.25) is 0 Å². The largest absolute Gasteiger partial charge is 0.454 e. The summed E-state index contributed by atoms with van der Waals surface area (Å²) >= 11 is 0. The highest BCUT2D eigenvalue weighted by molar-refractivity contribution is 7.90. The van der Waals surface area contributed by atoms with Gasteiger partial charge in [0.05, 0.1) is 4.90 Å². The highest BCUT2D eigenvalue weighted by Crippen LogP contribution is 2.43. The van der Waals surface area contributed by atoms with Crippen molar-refractivity contribution in [3.63, 3.8) is 0 Å². The normalized spacial score (nSPS) is 13.0. The Morgan fingerprint density at radius 2 is 1.23 bits per heavy atom. The van der Waals surface area contributed by atoms with Crippen molar-refractivity contribution in [1.29, 1.82) is 0 Å². The van der Waals surface area contributed by atoms with Gasteiger partial charge in [-0.15, -0.1) is 0 Å². The van der Waals surface area contributed by atoms with Crippen molar-refractivity contribution in [2.45, 2.75) is 11.8 Å². The summed E-state index contributed by atoms with van der Waals surface area (Å²) < 4.78 is 34.5. The number of benzene rings is 3. The first kappa shape index (κ1) is 16.7. The number of hydrogen-bond acceptors (Lipinski definition) is 4. The van der Waals surface area contributed by atoms with E-state index in [0.717, 1.165) is 28.0 Å². The van der Waals surface area contributed by atoms with E-state index in [1.54, 1.807) is 12.1 Å². The molecular weight excluding hydrogens is 348 g/mol. The Kier molecular flexibility index (Phi) is 3.96. The summed E-state index contributed by atoms with van der Waals surface area (Å²) in [5.74, 6) is 1.42. The fourth-order valence-corrected chi connectivity index (χ4v) is 3.66. The molecule has 0 aliphatic carbocycles. The van der Waals surface area contributed by atoms with E-state index in [-0.39, 0.29) is 6.79 Å². The lowest BCUT2D eigenvalue weighted by atomic mass is 9.93. The zero-order valence-corrected chi connectivity index (χ0v) is 15.3. The van der Waals surface area contributed by atoms with Gasteiger partial charge in [0, 0.05) is 6.26 Å². The van der Waals surface area contributed by atoms with E-state index in [0.29, 0.717) is 10.6 Å². The molecule has 0 spiro atoms. The average molecular weight is 366 g/mol. The standard InChI is InChI=1S/C21H18O4S/c1-14-3-5-15(6-4-14)18-11-20-21(25-13-24-20)12-19(18)16-7-9-17(10-8-16)26(2,22)23/h3-12H,13H2,1-2H3. The van der Waals surface area contributed by atoms with Gasteiger partial charge < -0.3 is 9.47 Å². The number of aryl methyl sites for hydroxylation is 1. The number of sulfone groups is 1. The molecular formula is C21H18O4S. The van der Waals surface area contributed by atoms with Gasteiger partial charge >= 0.3 is 0 Å². The van der Waals surface area contributed by atoms with Crippen molar-refractivity contribution in [2.24, 2.45) is 0 Å². The summed E-state index contributed by atoms with van der Waals surface area (Å²) in [5, 5.41) is 0. The summed E-state index contributed by atoms with van der Waals surface area (Å²) in [5.41, 5.74) is 5.16. The Balaban J connectivity index is 1.88. The molecule has 0 unspecified atom stereocenters. The molecule has 1 aliphatic rings. The van der Waals surface area contributed by atoms with E-state index in [2.05, 4.69) is 24.3 Å². The highest BCUT2D eigenvalue weighted by Gasteiger charge is 2.19. The van der Waals surface area contributed by atoms with Gasteiger partial charge in [-0.25, -0.2) is 8.42 Å². The maximum atomic E-state index is 11.7. The third-order valence-corrected chi connectivity index (χ3v) is 5.60. The third-order valence-electron chi connectivity index (χ3n) is 4.47. The number of rotatable bonds is 3. The van der Waals surface area contributed by atoms with E-state index in [1.807, 2.05) is 31.2 Å². The lowest BCUT2D eigenvalue weighted by Crippen LogP contribution is -1.96. The van der Waals surface area contributed by atoms with Crippen molar-refractivity contribution in [2.75, 3.05) is 13.0 Å². The van der Waals surface area contributed by atoms with E-state index >= 15 is 0 Å². The second-order valence-electron chi connectivity index (χ2n) is 6.41. The Morgan fingerprint density at radius 1 is 0.769 bits per heavy atom. The van der Waals surface area contributed by atoms with Crippen LogP contribution in [0.15, 0.2) is 65.6 Å². The molecule has 0 bridgehead atoms. The van der Waals surface area contributed by atoms with E-state index in [4.69, 9.17) is 9.47 Å². The van der Waals surface area contributed by atoms with Crippen molar-refractivity contribution < 1.29 is 17.9 Å². The Hall–Kier alpha value is -2.79. The Morgan fingerprint density at radius 3 is 1.69 bits per heavy atom. The first-order valence-corrected chi connectivity index (χ1v) is 10.1. The molecule has 0 saturated heterocycles. The smallest absolute Gasteiger partial charge is 0.231 e. The van der Waals surface area contributed by atoms with Crippen LogP contribution in [0.4, 0.5) is 0 Å². The van der Waals surface area contributed by atoms with Gasteiger partial charge in [0.2, 0.25) is 6.79 Å². The second-order valence-corrected chi connectivity index (χ2v) is 8.43. The molecule has 0 aromatic heterocycles. The molecule has 0 N–H and O–H groups in total. The Labute approximate surface area is 152 Å². The zero-order valence-electron chi connectivity index (χ0n) is 14.5. The molecule has 1 aliphatic heterocycles. The zero-order chi connectivity index (χ0) is 18.3. The quantitative estimate of drug-likeness (QED) is 0.687. The molecule has 1 heterocycles. The number of ether oxygens (including phenoxy) is 2. The predicted octanol–water partition coefficient (Wildman–Crippen LogP) is 4.46. The molecule has 26 heavy (non-hydrogen) atoms. The maximum absolute atomic E-state index is 11.7. The SMILES string of the molecule is Cc1ccc(-c2cc3c(cc2-c2ccc(S(C)(=O)=O)cc2)OCO3)cc1. The average Bonchev–Trinajstić information content (AvgIpc) is 3.08. The monoisotopic (exact) mass is 366 g/mol.